The predicted octanol–water partition coefficient (Wildman–Crippen LogP) is 0.111. The van der Waals surface area contributed by atoms with E-state index in [1.54, 1.807) is 5.01 Å². The molecule has 2 N–H and O–H groups in total. The summed E-state index contributed by atoms with van der Waals surface area (Å²) in [6.45, 7) is 3.00. The van der Waals surface area contributed by atoms with E-state index in [1.165, 1.54) is 0 Å². The van der Waals surface area contributed by atoms with Crippen molar-refractivity contribution in [1.82, 2.24) is 15.8 Å². The summed E-state index contributed by atoms with van der Waals surface area (Å²) in [5.41, 5.74) is 2.49. The highest BCUT2D eigenvalue weighted by Gasteiger charge is 2.39. The van der Waals surface area contributed by atoms with Gasteiger partial charge >= 0.3 is 0 Å². The molecule has 0 aromatic heterocycles. The zero-order valence-corrected chi connectivity index (χ0v) is 8.68. The third-order valence-electron chi connectivity index (χ3n) is 2.61. The largest absolute Gasteiger partial charge is 0.303 e. The van der Waals surface area contributed by atoms with Crippen LogP contribution < -0.4 is 10.7 Å². The van der Waals surface area contributed by atoms with Crippen LogP contribution in [0, 0.1) is 0 Å². The Hall–Kier alpha value is -0.610. The van der Waals surface area contributed by atoms with Crippen LogP contribution in [-0.4, -0.2) is 37.1 Å². The second kappa shape index (κ2) is 4.07. The van der Waals surface area contributed by atoms with Gasteiger partial charge in [-0.05, 0) is 25.8 Å². The monoisotopic (exact) mass is 185 g/mol. The first-order chi connectivity index (χ1) is 6.10. The van der Waals surface area contributed by atoms with Crippen LogP contribution in [-0.2, 0) is 4.79 Å². The van der Waals surface area contributed by atoms with Gasteiger partial charge in [-0.25, -0.2) is 5.01 Å². The summed E-state index contributed by atoms with van der Waals surface area (Å²) in [5.74, 6) is 0.0949. The van der Waals surface area contributed by atoms with Gasteiger partial charge in [0, 0.05) is 14.1 Å². The van der Waals surface area contributed by atoms with Gasteiger partial charge in [0.05, 0.1) is 5.54 Å². The number of rotatable bonds is 3. The van der Waals surface area contributed by atoms with Crippen molar-refractivity contribution in [2.24, 2.45) is 0 Å². The van der Waals surface area contributed by atoms with Gasteiger partial charge in [0.1, 0.15) is 0 Å². The van der Waals surface area contributed by atoms with Gasteiger partial charge in [-0.1, -0.05) is 6.92 Å². The summed E-state index contributed by atoms with van der Waals surface area (Å²) in [6, 6.07) is 0. The first-order valence-electron chi connectivity index (χ1n) is 4.84. The molecule has 1 heterocycles. The number of nitrogens with zero attached hydrogens (tertiary/aromatic N) is 1. The molecule has 1 fully saturated rings. The highest BCUT2D eigenvalue weighted by Crippen LogP contribution is 2.22. The van der Waals surface area contributed by atoms with Gasteiger partial charge < -0.3 is 5.32 Å². The van der Waals surface area contributed by atoms with Crippen LogP contribution >= 0.6 is 0 Å². The first-order valence-corrected chi connectivity index (χ1v) is 4.84. The standard InChI is InChI=1S/C9H19N3O/c1-4-9(6-5-7-10-9)8(13)11-12(2)3/h10H,4-7H2,1-3H3,(H,11,13). The van der Waals surface area contributed by atoms with Crippen LogP contribution in [0.25, 0.3) is 0 Å². The minimum atomic E-state index is -0.315. The summed E-state index contributed by atoms with van der Waals surface area (Å²) in [5, 5.41) is 4.98. The lowest BCUT2D eigenvalue weighted by Gasteiger charge is -2.28. The molecular weight excluding hydrogens is 166 g/mol. The van der Waals surface area contributed by atoms with Gasteiger partial charge in [-0.15, -0.1) is 0 Å². The van der Waals surface area contributed by atoms with E-state index in [2.05, 4.69) is 10.7 Å². The van der Waals surface area contributed by atoms with Gasteiger partial charge in [-0.3, -0.25) is 10.2 Å². The summed E-state index contributed by atoms with van der Waals surface area (Å²) < 4.78 is 0. The zero-order valence-electron chi connectivity index (χ0n) is 8.68. The molecule has 1 rings (SSSR count). The Kier molecular flexibility index (Phi) is 3.27. The summed E-state index contributed by atoms with van der Waals surface area (Å²) in [7, 11) is 3.66. The van der Waals surface area contributed by atoms with E-state index >= 15 is 0 Å². The van der Waals surface area contributed by atoms with Crippen LogP contribution in [0.4, 0.5) is 0 Å². The third kappa shape index (κ3) is 2.19. The minimum Gasteiger partial charge on any atom is -0.303 e. The number of amides is 1. The number of carbonyl (C=O) groups is 1. The number of hydrazine groups is 1. The Morgan fingerprint density at radius 1 is 1.62 bits per heavy atom. The Morgan fingerprint density at radius 3 is 2.69 bits per heavy atom. The molecule has 1 unspecified atom stereocenters. The first kappa shape index (κ1) is 10.5. The molecule has 13 heavy (non-hydrogen) atoms. The molecule has 1 amide bonds. The molecule has 1 atom stereocenters. The topological polar surface area (TPSA) is 44.4 Å². The smallest absolute Gasteiger partial charge is 0.254 e. The number of carbonyl (C=O) groups excluding carboxylic acids is 1. The van der Waals surface area contributed by atoms with Crippen molar-refractivity contribution in [1.29, 1.82) is 0 Å². The Balaban J connectivity index is 2.60. The number of hydrogen-bond donors (Lipinski definition) is 2. The maximum atomic E-state index is 11.8. The SMILES string of the molecule is CCC1(C(=O)NN(C)C)CCCN1. The average Bonchev–Trinajstić information content (AvgIpc) is 2.51. The van der Waals surface area contributed by atoms with Gasteiger partial charge in [0.25, 0.3) is 5.91 Å². The van der Waals surface area contributed by atoms with Crippen LogP contribution in [0.1, 0.15) is 26.2 Å². The third-order valence-corrected chi connectivity index (χ3v) is 2.61. The number of nitrogens with one attached hydrogen (secondary N) is 2. The molecule has 1 aliphatic rings. The van der Waals surface area contributed by atoms with Gasteiger partial charge in [0.15, 0.2) is 0 Å². The molecule has 0 spiro atoms. The lowest BCUT2D eigenvalue weighted by molar-refractivity contribution is -0.131. The van der Waals surface area contributed by atoms with Gasteiger partial charge in [0.2, 0.25) is 0 Å². The van der Waals surface area contributed by atoms with E-state index < -0.39 is 0 Å². The van der Waals surface area contributed by atoms with E-state index in [9.17, 15) is 4.79 Å². The molecule has 0 bridgehead atoms. The normalized spacial score (nSPS) is 28.0. The van der Waals surface area contributed by atoms with Crippen molar-refractivity contribution in [3.05, 3.63) is 0 Å². The van der Waals surface area contributed by atoms with Gasteiger partial charge in [-0.2, -0.15) is 0 Å². The summed E-state index contributed by atoms with van der Waals surface area (Å²) in [6.07, 6.45) is 2.89. The van der Waals surface area contributed by atoms with Crippen LogP contribution in [0.5, 0.6) is 0 Å². The molecule has 0 aromatic rings. The van der Waals surface area contributed by atoms with E-state index in [-0.39, 0.29) is 11.4 Å². The van der Waals surface area contributed by atoms with E-state index in [1.807, 2.05) is 21.0 Å². The summed E-state index contributed by atoms with van der Waals surface area (Å²) in [4.78, 5) is 11.8. The lowest BCUT2D eigenvalue weighted by atomic mass is 9.93. The van der Waals surface area contributed by atoms with E-state index in [0.717, 1.165) is 25.8 Å². The Morgan fingerprint density at radius 2 is 2.31 bits per heavy atom. The fourth-order valence-corrected chi connectivity index (χ4v) is 1.77. The fourth-order valence-electron chi connectivity index (χ4n) is 1.77. The Labute approximate surface area is 79.6 Å². The second-order valence-electron chi connectivity index (χ2n) is 3.80. The molecule has 76 valence electrons. The molecule has 4 heteroatoms. The van der Waals surface area contributed by atoms with Crippen molar-refractivity contribution < 1.29 is 4.79 Å². The molecular formula is C9H19N3O. The maximum absolute atomic E-state index is 11.8. The molecule has 0 saturated carbocycles. The highest BCUT2D eigenvalue weighted by molar-refractivity contribution is 5.86. The Bertz CT molecular complexity index is 185. The van der Waals surface area contributed by atoms with Crippen molar-refractivity contribution in [3.63, 3.8) is 0 Å². The van der Waals surface area contributed by atoms with Crippen LogP contribution in [0.3, 0.4) is 0 Å². The van der Waals surface area contributed by atoms with Crippen LogP contribution in [0.2, 0.25) is 0 Å². The number of hydrogen-bond acceptors (Lipinski definition) is 3. The lowest BCUT2D eigenvalue weighted by Crippen LogP contribution is -2.56. The molecule has 0 aromatic carbocycles. The molecule has 4 nitrogen and oxygen atoms in total. The van der Waals surface area contributed by atoms with E-state index in [4.69, 9.17) is 0 Å². The average molecular weight is 185 g/mol. The van der Waals surface area contributed by atoms with Crippen molar-refractivity contribution in [2.45, 2.75) is 31.7 Å². The highest BCUT2D eigenvalue weighted by atomic mass is 16.2. The van der Waals surface area contributed by atoms with Crippen molar-refractivity contribution in [3.8, 4) is 0 Å². The quantitative estimate of drug-likeness (QED) is 0.613. The summed E-state index contributed by atoms with van der Waals surface area (Å²) >= 11 is 0. The van der Waals surface area contributed by atoms with Crippen molar-refractivity contribution in [2.75, 3.05) is 20.6 Å². The zero-order chi connectivity index (χ0) is 9.90. The van der Waals surface area contributed by atoms with E-state index in [0.29, 0.717) is 0 Å². The molecule has 1 saturated heterocycles. The maximum Gasteiger partial charge on any atom is 0.254 e. The molecule has 1 aliphatic heterocycles. The molecule has 0 radical (unpaired) electrons. The predicted molar refractivity (Wildman–Crippen MR) is 52.1 cm³/mol. The van der Waals surface area contributed by atoms with Crippen molar-refractivity contribution >= 4 is 5.91 Å². The minimum absolute atomic E-state index is 0.0949. The fraction of sp³-hybridized carbons (Fsp3) is 0.889. The molecule has 0 aliphatic carbocycles. The second-order valence-corrected chi connectivity index (χ2v) is 3.80. The van der Waals surface area contributed by atoms with Crippen LogP contribution in [0.15, 0.2) is 0 Å².